The van der Waals surface area contributed by atoms with Gasteiger partial charge in [-0.3, -0.25) is 4.79 Å². The van der Waals surface area contributed by atoms with Gasteiger partial charge in [-0.2, -0.15) is 4.31 Å². The maximum absolute atomic E-state index is 13.6. The molecule has 1 fully saturated rings. The molecule has 1 N–H and O–H groups in total. The molecule has 1 heterocycles. The van der Waals surface area contributed by atoms with E-state index < -0.39 is 21.7 Å². The lowest BCUT2D eigenvalue weighted by Crippen LogP contribution is -2.48. The second-order valence-electron chi connectivity index (χ2n) is 6.88. The minimum absolute atomic E-state index is 0.0507. The summed E-state index contributed by atoms with van der Waals surface area (Å²) in [6.07, 6.45) is -0.357. The number of carbonyl (C=O) groups is 1. The predicted octanol–water partition coefficient (Wildman–Crippen LogP) is 2.55. The Morgan fingerprint density at radius 3 is 2.32 bits per heavy atom. The first-order chi connectivity index (χ1) is 13.3. The molecule has 2 aromatic carbocycles. The normalized spacial score (nSPS) is 20.7. The Morgan fingerprint density at radius 1 is 1.11 bits per heavy atom. The molecule has 0 aliphatic carbocycles. The summed E-state index contributed by atoms with van der Waals surface area (Å²) < 4.78 is 46.3. The van der Waals surface area contributed by atoms with E-state index in [0.29, 0.717) is 11.1 Å². The fourth-order valence-corrected chi connectivity index (χ4v) is 4.76. The van der Waals surface area contributed by atoms with Crippen molar-refractivity contribution in [3.63, 3.8) is 0 Å². The van der Waals surface area contributed by atoms with Crippen LogP contribution in [0.4, 0.5) is 4.39 Å². The molecule has 3 rings (SSSR count). The van der Waals surface area contributed by atoms with E-state index in [0.717, 1.165) is 0 Å². The third kappa shape index (κ3) is 4.57. The lowest BCUT2D eigenvalue weighted by Gasteiger charge is -2.34. The van der Waals surface area contributed by atoms with Crippen LogP contribution in [0.3, 0.4) is 0 Å². The van der Waals surface area contributed by atoms with E-state index in [4.69, 9.17) is 4.74 Å². The highest BCUT2D eigenvalue weighted by Gasteiger charge is 2.32. The Morgan fingerprint density at radius 2 is 1.71 bits per heavy atom. The molecule has 1 aliphatic heterocycles. The maximum atomic E-state index is 13.6. The van der Waals surface area contributed by atoms with Crippen LogP contribution in [0.15, 0.2) is 53.4 Å². The minimum Gasteiger partial charge on any atom is -0.373 e. The van der Waals surface area contributed by atoms with Gasteiger partial charge in [-0.1, -0.05) is 18.2 Å². The van der Waals surface area contributed by atoms with Crippen LogP contribution in [0.25, 0.3) is 0 Å². The molecule has 0 saturated carbocycles. The summed E-state index contributed by atoms with van der Waals surface area (Å²) in [4.78, 5) is 12.4. The first kappa shape index (κ1) is 20.4. The number of halogens is 1. The average molecular weight is 406 g/mol. The van der Waals surface area contributed by atoms with Gasteiger partial charge in [-0.25, -0.2) is 12.8 Å². The number of nitrogens with zero attached hydrogens (tertiary/aromatic N) is 1. The average Bonchev–Trinajstić information content (AvgIpc) is 2.66. The van der Waals surface area contributed by atoms with Crippen molar-refractivity contribution in [3.05, 3.63) is 65.5 Å². The van der Waals surface area contributed by atoms with E-state index in [1.165, 1.54) is 34.6 Å². The fraction of sp³-hybridized carbons (Fsp3) is 0.350. The number of rotatable bonds is 5. The molecule has 0 unspecified atom stereocenters. The Balaban J connectivity index is 1.68. The Bertz CT molecular complexity index is 937. The number of nitrogens with one attached hydrogen (secondary N) is 1. The molecule has 2 atom stereocenters. The van der Waals surface area contributed by atoms with Gasteiger partial charge in [0.25, 0.3) is 5.91 Å². The second kappa shape index (κ2) is 8.38. The van der Waals surface area contributed by atoms with Crippen LogP contribution in [0.5, 0.6) is 0 Å². The van der Waals surface area contributed by atoms with Crippen LogP contribution in [0.2, 0.25) is 0 Å². The molecule has 0 radical (unpaired) electrons. The van der Waals surface area contributed by atoms with Crippen LogP contribution in [0, 0.1) is 5.82 Å². The zero-order valence-electron chi connectivity index (χ0n) is 15.8. The Labute approximate surface area is 164 Å². The van der Waals surface area contributed by atoms with Crippen molar-refractivity contribution in [2.24, 2.45) is 0 Å². The Kier molecular flexibility index (Phi) is 6.12. The van der Waals surface area contributed by atoms with Crippen molar-refractivity contribution < 1.29 is 22.3 Å². The Hall–Kier alpha value is -2.29. The van der Waals surface area contributed by atoms with Crippen molar-refractivity contribution in [1.82, 2.24) is 9.62 Å². The lowest BCUT2D eigenvalue weighted by molar-refractivity contribution is -0.0440. The van der Waals surface area contributed by atoms with Crippen LogP contribution < -0.4 is 5.32 Å². The minimum atomic E-state index is -3.66. The summed E-state index contributed by atoms with van der Waals surface area (Å²) in [5.74, 6) is -0.793. The standard InChI is InChI=1S/C20H23FN2O4S/c1-14-12-23(13-15(2)27-14)28(25,26)18-9-7-16(8-10-18)20(24)22-11-17-5-3-4-6-19(17)21/h3-10,14-15H,11-13H2,1-2H3,(H,22,24)/t14-,15+. The van der Waals surface area contributed by atoms with Crippen molar-refractivity contribution in [2.75, 3.05) is 13.1 Å². The highest BCUT2D eigenvalue weighted by molar-refractivity contribution is 7.89. The molecule has 1 amide bonds. The van der Waals surface area contributed by atoms with E-state index in [2.05, 4.69) is 5.32 Å². The number of benzene rings is 2. The number of morpholine rings is 1. The number of sulfonamides is 1. The maximum Gasteiger partial charge on any atom is 0.251 e. The smallest absolute Gasteiger partial charge is 0.251 e. The number of carbonyl (C=O) groups excluding carboxylic acids is 1. The highest BCUT2D eigenvalue weighted by Crippen LogP contribution is 2.21. The molecule has 6 nitrogen and oxygen atoms in total. The van der Waals surface area contributed by atoms with Crippen molar-refractivity contribution >= 4 is 15.9 Å². The molecule has 1 saturated heterocycles. The quantitative estimate of drug-likeness (QED) is 0.828. The van der Waals surface area contributed by atoms with Crippen LogP contribution in [0.1, 0.15) is 29.8 Å². The van der Waals surface area contributed by atoms with Gasteiger partial charge in [-0.15, -0.1) is 0 Å². The van der Waals surface area contributed by atoms with Gasteiger partial charge in [0.15, 0.2) is 0 Å². The lowest BCUT2D eigenvalue weighted by atomic mass is 10.2. The van der Waals surface area contributed by atoms with E-state index >= 15 is 0 Å². The number of ether oxygens (including phenoxy) is 1. The highest BCUT2D eigenvalue weighted by atomic mass is 32.2. The van der Waals surface area contributed by atoms with E-state index in [1.807, 2.05) is 13.8 Å². The number of hydrogen-bond donors (Lipinski definition) is 1. The topological polar surface area (TPSA) is 75.7 Å². The molecule has 0 bridgehead atoms. The fourth-order valence-electron chi connectivity index (χ4n) is 3.17. The van der Waals surface area contributed by atoms with Gasteiger partial charge in [0.2, 0.25) is 10.0 Å². The van der Waals surface area contributed by atoms with Crippen LogP contribution >= 0.6 is 0 Å². The largest absolute Gasteiger partial charge is 0.373 e. The zero-order chi connectivity index (χ0) is 20.3. The third-order valence-corrected chi connectivity index (χ3v) is 6.38. The van der Waals surface area contributed by atoms with Crippen LogP contribution in [-0.2, 0) is 21.3 Å². The summed E-state index contributed by atoms with van der Waals surface area (Å²) in [5, 5.41) is 2.63. The monoisotopic (exact) mass is 406 g/mol. The first-order valence-electron chi connectivity index (χ1n) is 9.04. The number of amides is 1. The molecule has 1 aliphatic rings. The van der Waals surface area contributed by atoms with Gasteiger partial charge >= 0.3 is 0 Å². The van der Waals surface area contributed by atoms with Gasteiger partial charge < -0.3 is 10.1 Å². The van der Waals surface area contributed by atoms with Crippen LogP contribution in [-0.4, -0.2) is 43.9 Å². The molecular formula is C20H23FN2O4S. The number of hydrogen-bond acceptors (Lipinski definition) is 4. The molecule has 28 heavy (non-hydrogen) atoms. The van der Waals surface area contributed by atoms with Crippen molar-refractivity contribution in [2.45, 2.75) is 37.5 Å². The van der Waals surface area contributed by atoms with E-state index in [-0.39, 0.29) is 36.7 Å². The second-order valence-corrected chi connectivity index (χ2v) is 8.82. The third-order valence-electron chi connectivity index (χ3n) is 4.54. The van der Waals surface area contributed by atoms with Gasteiger partial charge in [0, 0.05) is 30.8 Å². The van der Waals surface area contributed by atoms with E-state index in [9.17, 15) is 17.6 Å². The van der Waals surface area contributed by atoms with E-state index in [1.54, 1.807) is 18.2 Å². The SMILES string of the molecule is C[C@@H]1CN(S(=O)(=O)c2ccc(C(=O)NCc3ccccc3F)cc2)C[C@H](C)O1. The predicted molar refractivity (Wildman–Crippen MR) is 103 cm³/mol. The summed E-state index contributed by atoms with van der Waals surface area (Å²) in [6, 6.07) is 11.9. The summed E-state index contributed by atoms with van der Waals surface area (Å²) in [7, 11) is -3.66. The molecule has 2 aromatic rings. The molecule has 8 heteroatoms. The van der Waals surface area contributed by atoms with Crippen molar-refractivity contribution in [1.29, 1.82) is 0 Å². The molecular weight excluding hydrogens is 383 g/mol. The molecule has 0 aromatic heterocycles. The summed E-state index contributed by atoms with van der Waals surface area (Å²) in [6.45, 7) is 4.30. The first-order valence-corrected chi connectivity index (χ1v) is 10.5. The molecule has 150 valence electrons. The summed E-state index contributed by atoms with van der Waals surface area (Å²) in [5.41, 5.74) is 0.685. The van der Waals surface area contributed by atoms with Gasteiger partial charge in [0.05, 0.1) is 17.1 Å². The molecule has 0 spiro atoms. The van der Waals surface area contributed by atoms with Gasteiger partial charge in [0.1, 0.15) is 5.82 Å². The van der Waals surface area contributed by atoms with Crippen molar-refractivity contribution in [3.8, 4) is 0 Å². The zero-order valence-corrected chi connectivity index (χ0v) is 16.6. The summed E-state index contributed by atoms with van der Waals surface area (Å²) >= 11 is 0. The van der Waals surface area contributed by atoms with Gasteiger partial charge in [-0.05, 0) is 44.2 Å².